The molecule has 1 saturated heterocycles. The molecular weight excluding hydrogens is 505 g/mol. The number of carbonyl (C=O) groups excluding carboxylic acids is 1. The maximum Gasteiger partial charge on any atom is 0.409 e. The Balaban J connectivity index is 0.00000450. The minimum Gasteiger partial charge on any atom is -0.450 e. The highest BCUT2D eigenvalue weighted by Crippen LogP contribution is 2.13. The maximum atomic E-state index is 11.8. The van der Waals surface area contributed by atoms with Gasteiger partial charge in [-0.25, -0.2) is 9.79 Å². The van der Waals surface area contributed by atoms with Gasteiger partial charge in [0, 0.05) is 44.9 Å². The fourth-order valence-corrected chi connectivity index (χ4v) is 2.93. The van der Waals surface area contributed by atoms with Gasteiger partial charge in [-0.15, -0.1) is 24.0 Å². The number of hydrogen-bond acceptors (Lipinski definition) is 6. The number of nitrogens with zero attached hydrogens (tertiary/aromatic N) is 3. The summed E-state index contributed by atoms with van der Waals surface area (Å²) < 4.78 is 10.1. The molecule has 0 atom stereocenters. The lowest BCUT2D eigenvalue weighted by Gasteiger charge is -2.32. The van der Waals surface area contributed by atoms with Crippen LogP contribution in [0.1, 0.15) is 25.3 Å². The molecule has 11 heteroatoms. The molecular formula is C19H30IN5O5. The van der Waals surface area contributed by atoms with Gasteiger partial charge in [-0.3, -0.25) is 10.1 Å². The molecule has 0 bridgehead atoms. The zero-order valence-corrected chi connectivity index (χ0v) is 19.7. The molecule has 1 aliphatic heterocycles. The largest absolute Gasteiger partial charge is 0.450 e. The van der Waals surface area contributed by atoms with E-state index >= 15 is 0 Å². The molecule has 30 heavy (non-hydrogen) atoms. The number of halogens is 1. The first-order valence-corrected chi connectivity index (χ1v) is 9.72. The molecule has 1 amide bonds. The third kappa shape index (κ3) is 8.69. The number of methoxy groups -OCH3 is 1. The number of ether oxygens (including phenoxy) is 2. The number of piperidine rings is 1. The second-order valence-corrected chi connectivity index (χ2v) is 6.61. The van der Waals surface area contributed by atoms with E-state index in [-0.39, 0.29) is 41.8 Å². The summed E-state index contributed by atoms with van der Waals surface area (Å²) in [5.41, 5.74) is 0.934. The van der Waals surface area contributed by atoms with Crippen molar-refractivity contribution in [3.8, 4) is 0 Å². The second-order valence-electron chi connectivity index (χ2n) is 6.61. The predicted octanol–water partition coefficient (Wildman–Crippen LogP) is 2.52. The Morgan fingerprint density at radius 1 is 1.30 bits per heavy atom. The summed E-state index contributed by atoms with van der Waals surface area (Å²) in [6.45, 7) is 4.96. The molecule has 2 N–H and O–H groups in total. The minimum atomic E-state index is -0.422. The molecule has 168 valence electrons. The van der Waals surface area contributed by atoms with E-state index < -0.39 is 4.92 Å². The first-order chi connectivity index (χ1) is 14.0. The number of amides is 1. The summed E-state index contributed by atoms with van der Waals surface area (Å²) in [6, 6.07) is 6.53. The number of hydrogen-bond donors (Lipinski definition) is 2. The van der Waals surface area contributed by atoms with Crippen LogP contribution in [0.4, 0.5) is 10.5 Å². The lowest BCUT2D eigenvalue weighted by atomic mass is 10.1. The summed E-state index contributed by atoms with van der Waals surface area (Å²) >= 11 is 0. The van der Waals surface area contributed by atoms with E-state index in [1.165, 1.54) is 12.1 Å². The summed E-state index contributed by atoms with van der Waals surface area (Å²) in [6.07, 6.45) is 1.32. The number of likely N-dealkylation sites (tertiary alicyclic amines) is 1. The van der Waals surface area contributed by atoms with Crippen molar-refractivity contribution in [3.05, 3.63) is 39.9 Å². The Kier molecular flexibility index (Phi) is 12.0. The van der Waals surface area contributed by atoms with Gasteiger partial charge in [-0.05, 0) is 25.3 Å². The van der Waals surface area contributed by atoms with Gasteiger partial charge < -0.3 is 25.0 Å². The van der Waals surface area contributed by atoms with E-state index in [4.69, 9.17) is 9.47 Å². The van der Waals surface area contributed by atoms with Crippen LogP contribution in [-0.4, -0.2) is 67.9 Å². The van der Waals surface area contributed by atoms with Crippen LogP contribution in [0.5, 0.6) is 0 Å². The lowest BCUT2D eigenvalue weighted by Crippen LogP contribution is -2.50. The van der Waals surface area contributed by atoms with Crippen molar-refractivity contribution in [2.45, 2.75) is 32.4 Å². The fourth-order valence-electron chi connectivity index (χ4n) is 2.93. The lowest BCUT2D eigenvalue weighted by molar-refractivity contribution is -0.384. The number of aliphatic imine (C=N–C) groups is 1. The predicted molar refractivity (Wildman–Crippen MR) is 124 cm³/mol. The zero-order chi connectivity index (χ0) is 21.1. The van der Waals surface area contributed by atoms with Crippen molar-refractivity contribution in [2.75, 3.05) is 40.0 Å². The van der Waals surface area contributed by atoms with E-state index in [2.05, 4.69) is 15.6 Å². The number of benzene rings is 1. The molecule has 2 rings (SSSR count). The first-order valence-electron chi connectivity index (χ1n) is 9.72. The molecule has 1 aromatic carbocycles. The van der Waals surface area contributed by atoms with Crippen LogP contribution in [-0.2, 0) is 16.0 Å². The molecule has 10 nitrogen and oxygen atoms in total. The third-order valence-electron chi connectivity index (χ3n) is 4.53. The van der Waals surface area contributed by atoms with Crippen LogP contribution in [0.3, 0.4) is 0 Å². The second kappa shape index (κ2) is 14.0. The molecule has 1 heterocycles. The van der Waals surface area contributed by atoms with E-state index in [0.717, 1.165) is 18.4 Å². The Morgan fingerprint density at radius 2 is 1.97 bits per heavy atom. The van der Waals surface area contributed by atoms with Crippen LogP contribution < -0.4 is 10.6 Å². The first kappa shape index (κ1) is 25.9. The number of non-ortho nitro benzene ring substituents is 1. The van der Waals surface area contributed by atoms with Crippen LogP contribution in [0.15, 0.2) is 29.3 Å². The number of rotatable bonds is 8. The van der Waals surface area contributed by atoms with Crippen LogP contribution in [0.2, 0.25) is 0 Å². The number of nitro groups is 1. The van der Waals surface area contributed by atoms with E-state index in [0.29, 0.717) is 45.4 Å². The van der Waals surface area contributed by atoms with Crippen molar-refractivity contribution in [1.82, 2.24) is 15.5 Å². The standard InChI is InChI=1S/C19H29N5O5.HI/c1-3-29-19(25)23-11-8-16(9-12-23)22-18(20-10-13-28-2)21-14-15-4-6-17(7-5-15)24(26)27;/h4-7,16H,3,8-14H2,1-2H3,(H2,20,21,22);1H. The molecule has 1 aliphatic rings. The molecule has 0 aromatic heterocycles. The van der Waals surface area contributed by atoms with Crippen LogP contribution >= 0.6 is 24.0 Å². The molecule has 0 radical (unpaired) electrons. The Labute approximate surface area is 193 Å². The van der Waals surface area contributed by atoms with Gasteiger partial charge in [-0.1, -0.05) is 12.1 Å². The molecule has 0 aliphatic carbocycles. The van der Waals surface area contributed by atoms with E-state index in [1.54, 1.807) is 31.1 Å². The van der Waals surface area contributed by atoms with Crippen LogP contribution in [0, 0.1) is 10.1 Å². The monoisotopic (exact) mass is 535 g/mol. The van der Waals surface area contributed by atoms with Gasteiger partial charge in [0.05, 0.1) is 24.7 Å². The summed E-state index contributed by atoms with van der Waals surface area (Å²) in [7, 11) is 1.63. The van der Waals surface area contributed by atoms with Crippen molar-refractivity contribution >= 4 is 41.7 Å². The van der Waals surface area contributed by atoms with E-state index in [9.17, 15) is 14.9 Å². The molecule has 0 spiro atoms. The average molecular weight is 535 g/mol. The molecule has 0 unspecified atom stereocenters. The molecule has 0 saturated carbocycles. The zero-order valence-electron chi connectivity index (χ0n) is 17.3. The molecule has 1 fully saturated rings. The Hall–Kier alpha value is -2.15. The smallest absolute Gasteiger partial charge is 0.409 e. The van der Waals surface area contributed by atoms with Crippen molar-refractivity contribution in [1.29, 1.82) is 0 Å². The van der Waals surface area contributed by atoms with Gasteiger partial charge in [0.15, 0.2) is 5.96 Å². The number of carbonyl (C=O) groups is 1. The van der Waals surface area contributed by atoms with Gasteiger partial charge >= 0.3 is 6.09 Å². The van der Waals surface area contributed by atoms with E-state index in [1.807, 2.05) is 0 Å². The number of nitrogens with one attached hydrogen (secondary N) is 2. The summed E-state index contributed by atoms with van der Waals surface area (Å²) in [5, 5.41) is 17.4. The highest BCUT2D eigenvalue weighted by Gasteiger charge is 2.24. The van der Waals surface area contributed by atoms with Crippen molar-refractivity contribution in [3.63, 3.8) is 0 Å². The molecule has 1 aromatic rings. The average Bonchev–Trinajstić information content (AvgIpc) is 2.73. The van der Waals surface area contributed by atoms with Crippen molar-refractivity contribution < 1.29 is 19.2 Å². The fraction of sp³-hybridized carbons (Fsp3) is 0.579. The SMILES string of the molecule is CCOC(=O)N1CCC(NC(=NCc2ccc([N+](=O)[O-])cc2)NCCOC)CC1.I. The highest BCUT2D eigenvalue weighted by atomic mass is 127. The Bertz CT molecular complexity index is 693. The van der Waals surface area contributed by atoms with Gasteiger partial charge in [0.2, 0.25) is 0 Å². The van der Waals surface area contributed by atoms with Gasteiger partial charge in [0.25, 0.3) is 5.69 Å². The quantitative estimate of drug-likeness (QED) is 0.131. The number of guanidine groups is 1. The topological polar surface area (TPSA) is 118 Å². The Morgan fingerprint density at radius 3 is 2.53 bits per heavy atom. The highest BCUT2D eigenvalue weighted by molar-refractivity contribution is 14.0. The van der Waals surface area contributed by atoms with Crippen molar-refractivity contribution in [2.24, 2.45) is 4.99 Å². The maximum absolute atomic E-state index is 11.8. The summed E-state index contributed by atoms with van der Waals surface area (Å²) in [5.74, 6) is 0.648. The number of nitro benzene ring substituents is 1. The summed E-state index contributed by atoms with van der Waals surface area (Å²) in [4.78, 5) is 28.5. The normalized spacial score (nSPS) is 14.6. The van der Waals surface area contributed by atoms with Gasteiger partial charge in [0.1, 0.15) is 0 Å². The van der Waals surface area contributed by atoms with Gasteiger partial charge in [-0.2, -0.15) is 0 Å². The minimum absolute atomic E-state index is 0. The van der Waals surface area contributed by atoms with Crippen LogP contribution in [0.25, 0.3) is 0 Å². The third-order valence-corrected chi connectivity index (χ3v) is 4.53.